The number of nitrogens with two attached hydrogens (primary N) is 1. The zero-order valence-corrected chi connectivity index (χ0v) is 11.3. The van der Waals surface area contributed by atoms with Crippen LogP contribution in [-0.2, 0) is 4.79 Å². The summed E-state index contributed by atoms with van der Waals surface area (Å²) in [5, 5.41) is 3.16. The summed E-state index contributed by atoms with van der Waals surface area (Å²) in [6.45, 7) is 3.66. The molecule has 3 N–H and O–H groups in total. The fourth-order valence-electron chi connectivity index (χ4n) is 1.55. The van der Waals surface area contributed by atoms with E-state index >= 15 is 0 Å². The number of rotatable bonds is 2. The van der Waals surface area contributed by atoms with Crippen LogP contribution in [0.3, 0.4) is 0 Å². The van der Waals surface area contributed by atoms with Gasteiger partial charge in [-0.2, -0.15) is 0 Å². The normalized spacial score (nSPS) is 10.3. The van der Waals surface area contributed by atoms with E-state index in [0.29, 0.717) is 16.1 Å². The van der Waals surface area contributed by atoms with Gasteiger partial charge in [-0.3, -0.25) is 4.79 Å². The summed E-state index contributed by atoms with van der Waals surface area (Å²) in [6.07, 6.45) is 1.47. The van der Waals surface area contributed by atoms with Gasteiger partial charge in [0.05, 0.1) is 11.0 Å². The Morgan fingerprint density at radius 1 is 1.32 bits per heavy atom. The zero-order valence-electron chi connectivity index (χ0n) is 10.6. The van der Waals surface area contributed by atoms with Crippen molar-refractivity contribution in [1.82, 2.24) is 9.97 Å². The van der Waals surface area contributed by atoms with Crippen LogP contribution < -0.4 is 11.1 Å². The standard InChI is InChI=1S/C13H13ClN4O/c1-7(2)5-11(19)18-13-12(15)16-10-6-8(14)3-4-9(10)17-13/h3-6H,1-2H3,(H2,15,16)(H,17,18,19). The molecule has 0 unspecified atom stereocenters. The second kappa shape index (κ2) is 5.24. The highest BCUT2D eigenvalue weighted by Gasteiger charge is 2.08. The predicted molar refractivity (Wildman–Crippen MR) is 77.0 cm³/mol. The molecule has 0 aliphatic carbocycles. The Morgan fingerprint density at radius 2 is 2.05 bits per heavy atom. The van der Waals surface area contributed by atoms with E-state index in [1.54, 1.807) is 18.2 Å². The van der Waals surface area contributed by atoms with Crippen LogP contribution in [0.25, 0.3) is 11.0 Å². The molecule has 0 atom stereocenters. The maximum absolute atomic E-state index is 11.6. The molecule has 1 aromatic heterocycles. The van der Waals surface area contributed by atoms with Crippen molar-refractivity contribution in [3.8, 4) is 0 Å². The van der Waals surface area contributed by atoms with Crippen molar-refractivity contribution >= 4 is 40.2 Å². The molecule has 2 aromatic rings. The number of nitrogens with one attached hydrogen (secondary N) is 1. The molecule has 0 bridgehead atoms. The number of carbonyl (C=O) groups is 1. The van der Waals surface area contributed by atoms with E-state index in [1.807, 2.05) is 13.8 Å². The van der Waals surface area contributed by atoms with Crippen LogP contribution in [0.15, 0.2) is 29.8 Å². The monoisotopic (exact) mass is 276 g/mol. The Balaban J connectivity index is 2.39. The highest BCUT2D eigenvalue weighted by molar-refractivity contribution is 6.31. The van der Waals surface area contributed by atoms with Crippen molar-refractivity contribution < 1.29 is 4.79 Å². The molecule has 5 nitrogen and oxygen atoms in total. The number of nitrogen functional groups attached to an aromatic ring is 1. The molecule has 2 rings (SSSR count). The molecule has 6 heteroatoms. The fraction of sp³-hybridized carbons (Fsp3) is 0.154. The number of hydrogen-bond donors (Lipinski definition) is 2. The Bertz CT molecular complexity index is 678. The van der Waals surface area contributed by atoms with Gasteiger partial charge in [-0.1, -0.05) is 17.2 Å². The van der Waals surface area contributed by atoms with Gasteiger partial charge >= 0.3 is 0 Å². The molecule has 98 valence electrons. The molecule has 0 aliphatic heterocycles. The second-order valence-corrected chi connectivity index (χ2v) is 4.74. The molecule has 0 aliphatic rings. The Labute approximate surface area is 115 Å². The van der Waals surface area contributed by atoms with Crippen molar-refractivity contribution in [3.63, 3.8) is 0 Å². The first kappa shape index (κ1) is 13.3. The third-order valence-electron chi connectivity index (χ3n) is 2.31. The Hall–Kier alpha value is -2.14. The summed E-state index contributed by atoms with van der Waals surface area (Å²) in [5.74, 6) is 0.122. The van der Waals surface area contributed by atoms with Crippen LogP contribution in [0, 0.1) is 0 Å². The number of fused-ring (bicyclic) bond motifs is 1. The Morgan fingerprint density at radius 3 is 2.74 bits per heavy atom. The van der Waals surface area contributed by atoms with Gasteiger partial charge in [0.15, 0.2) is 11.6 Å². The van der Waals surface area contributed by atoms with E-state index in [9.17, 15) is 4.79 Å². The average Bonchev–Trinajstić information content (AvgIpc) is 2.29. The number of halogens is 1. The average molecular weight is 277 g/mol. The molecule has 1 aromatic carbocycles. The van der Waals surface area contributed by atoms with Crippen molar-refractivity contribution in [2.45, 2.75) is 13.8 Å². The van der Waals surface area contributed by atoms with Crippen LogP contribution >= 0.6 is 11.6 Å². The SMILES string of the molecule is CC(C)=CC(=O)Nc1nc2ccc(Cl)cc2nc1N. The molecule has 0 saturated carbocycles. The topological polar surface area (TPSA) is 80.9 Å². The van der Waals surface area contributed by atoms with E-state index in [-0.39, 0.29) is 17.5 Å². The van der Waals surface area contributed by atoms with Gasteiger partial charge in [0, 0.05) is 11.1 Å². The quantitative estimate of drug-likeness (QED) is 0.827. The summed E-state index contributed by atoms with van der Waals surface area (Å²) in [4.78, 5) is 20.1. The molecular formula is C13H13ClN4O. The molecule has 0 spiro atoms. The molecule has 1 heterocycles. The van der Waals surface area contributed by atoms with Crippen LogP contribution in [-0.4, -0.2) is 15.9 Å². The highest BCUT2D eigenvalue weighted by Crippen LogP contribution is 2.21. The number of amides is 1. The van der Waals surface area contributed by atoms with Gasteiger partial charge in [0.25, 0.3) is 0 Å². The minimum Gasteiger partial charge on any atom is -0.381 e. The minimum absolute atomic E-state index is 0.158. The maximum atomic E-state index is 11.6. The van der Waals surface area contributed by atoms with Crippen molar-refractivity contribution in [3.05, 3.63) is 34.9 Å². The van der Waals surface area contributed by atoms with Crippen molar-refractivity contribution in [2.24, 2.45) is 0 Å². The lowest BCUT2D eigenvalue weighted by Gasteiger charge is -2.06. The summed E-state index contributed by atoms with van der Waals surface area (Å²) in [6, 6.07) is 5.10. The van der Waals surface area contributed by atoms with Gasteiger partial charge in [-0.05, 0) is 32.0 Å². The van der Waals surface area contributed by atoms with Crippen LogP contribution in [0.4, 0.5) is 11.6 Å². The van der Waals surface area contributed by atoms with Gasteiger partial charge < -0.3 is 11.1 Å². The highest BCUT2D eigenvalue weighted by atomic mass is 35.5. The lowest BCUT2D eigenvalue weighted by Crippen LogP contribution is -2.12. The van der Waals surface area contributed by atoms with E-state index in [1.165, 1.54) is 6.08 Å². The number of carbonyl (C=O) groups excluding carboxylic acids is 1. The molecular weight excluding hydrogens is 264 g/mol. The van der Waals surface area contributed by atoms with Crippen LogP contribution in [0.2, 0.25) is 5.02 Å². The molecule has 19 heavy (non-hydrogen) atoms. The zero-order chi connectivity index (χ0) is 14.0. The maximum Gasteiger partial charge on any atom is 0.249 e. The largest absolute Gasteiger partial charge is 0.381 e. The molecule has 0 saturated heterocycles. The van der Waals surface area contributed by atoms with E-state index in [4.69, 9.17) is 17.3 Å². The van der Waals surface area contributed by atoms with Crippen LogP contribution in [0.5, 0.6) is 0 Å². The second-order valence-electron chi connectivity index (χ2n) is 4.30. The number of allylic oxidation sites excluding steroid dienone is 1. The molecule has 0 radical (unpaired) electrons. The smallest absolute Gasteiger partial charge is 0.249 e. The fourth-order valence-corrected chi connectivity index (χ4v) is 1.71. The molecule has 0 fully saturated rings. The van der Waals surface area contributed by atoms with Crippen molar-refractivity contribution in [2.75, 3.05) is 11.1 Å². The molecule has 1 amide bonds. The third-order valence-corrected chi connectivity index (χ3v) is 2.55. The predicted octanol–water partition coefficient (Wildman–Crippen LogP) is 2.77. The van der Waals surface area contributed by atoms with Crippen LogP contribution in [0.1, 0.15) is 13.8 Å². The number of hydrogen-bond acceptors (Lipinski definition) is 4. The van der Waals surface area contributed by atoms with Gasteiger partial charge in [0.2, 0.25) is 5.91 Å². The van der Waals surface area contributed by atoms with E-state index in [2.05, 4.69) is 15.3 Å². The first-order chi connectivity index (χ1) is 8.95. The van der Waals surface area contributed by atoms with E-state index < -0.39 is 0 Å². The minimum atomic E-state index is -0.283. The lowest BCUT2D eigenvalue weighted by molar-refractivity contribution is -0.112. The number of aromatic nitrogens is 2. The number of anilines is 2. The van der Waals surface area contributed by atoms with Gasteiger partial charge in [-0.15, -0.1) is 0 Å². The van der Waals surface area contributed by atoms with Gasteiger partial charge in [-0.25, -0.2) is 9.97 Å². The third kappa shape index (κ3) is 3.20. The number of nitrogens with zero attached hydrogens (tertiary/aromatic N) is 2. The van der Waals surface area contributed by atoms with E-state index in [0.717, 1.165) is 5.57 Å². The summed E-state index contributed by atoms with van der Waals surface area (Å²) >= 11 is 5.87. The summed E-state index contributed by atoms with van der Waals surface area (Å²) in [5.41, 5.74) is 7.85. The first-order valence-electron chi connectivity index (χ1n) is 5.64. The van der Waals surface area contributed by atoms with Gasteiger partial charge in [0.1, 0.15) is 0 Å². The number of benzene rings is 1. The van der Waals surface area contributed by atoms with Crippen molar-refractivity contribution in [1.29, 1.82) is 0 Å². The first-order valence-corrected chi connectivity index (χ1v) is 6.02. The lowest BCUT2D eigenvalue weighted by atomic mass is 10.3. The Kier molecular flexibility index (Phi) is 3.66. The summed E-state index contributed by atoms with van der Waals surface area (Å²) in [7, 11) is 0. The summed E-state index contributed by atoms with van der Waals surface area (Å²) < 4.78 is 0.